The second-order valence-electron chi connectivity index (χ2n) is 6.69. The van der Waals surface area contributed by atoms with Crippen LogP contribution in [0.25, 0.3) is 11.1 Å². The van der Waals surface area contributed by atoms with E-state index in [0.717, 1.165) is 12.5 Å². The maximum Gasteiger partial charge on any atom is 0.0211 e. The van der Waals surface area contributed by atoms with E-state index in [1.54, 1.807) is 0 Å². The average molecular weight is 279 g/mol. The molecule has 21 heavy (non-hydrogen) atoms. The summed E-state index contributed by atoms with van der Waals surface area (Å²) < 4.78 is 0. The van der Waals surface area contributed by atoms with Crippen LogP contribution in [0.3, 0.4) is 0 Å². The van der Waals surface area contributed by atoms with Gasteiger partial charge in [0, 0.05) is 12.6 Å². The van der Waals surface area contributed by atoms with Crippen molar-refractivity contribution in [3.63, 3.8) is 0 Å². The van der Waals surface area contributed by atoms with E-state index in [0.29, 0.717) is 12.0 Å². The topological polar surface area (TPSA) is 12.0 Å². The Morgan fingerprint density at radius 2 is 1.81 bits per heavy atom. The van der Waals surface area contributed by atoms with Gasteiger partial charge in [0.25, 0.3) is 0 Å². The molecule has 1 nitrogen and oxygen atoms in total. The molecule has 1 heteroatoms. The SMILES string of the molecule is CC(C)CC1NCc2cc(-c3ccccc3)ccc2C1C. The number of fused-ring (bicyclic) bond motifs is 1. The van der Waals surface area contributed by atoms with E-state index in [-0.39, 0.29) is 0 Å². The van der Waals surface area contributed by atoms with Gasteiger partial charge in [-0.2, -0.15) is 0 Å². The quantitative estimate of drug-likeness (QED) is 0.836. The first-order valence-corrected chi connectivity index (χ1v) is 8.07. The molecule has 2 aromatic rings. The molecule has 1 heterocycles. The van der Waals surface area contributed by atoms with Crippen LogP contribution in [0.15, 0.2) is 48.5 Å². The zero-order valence-corrected chi connectivity index (χ0v) is 13.3. The summed E-state index contributed by atoms with van der Waals surface area (Å²) in [6, 6.07) is 18.2. The molecule has 1 aliphatic heterocycles. The third-order valence-corrected chi connectivity index (χ3v) is 4.62. The molecule has 0 aromatic heterocycles. The number of nitrogens with one attached hydrogen (secondary N) is 1. The fourth-order valence-corrected chi connectivity index (χ4v) is 3.44. The Hall–Kier alpha value is -1.60. The fraction of sp³-hybridized carbons (Fsp3) is 0.400. The Balaban J connectivity index is 1.88. The van der Waals surface area contributed by atoms with Crippen molar-refractivity contribution in [2.45, 2.75) is 45.7 Å². The molecule has 0 bridgehead atoms. The van der Waals surface area contributed by atoms with E-state index in [1.165, 1.54) is 28.7 Å². The van der Waals surface area contributed by atoms with E-state index in [4.69, 9.17) is 0 Å². The minimum absolute atomic E-state index is 0.598. The molecule has 3 rings (SSSR count). The van der Waals surface area contributed by atoms with Crippen molar-refractivity contribution in [3.8, 4) is 11.1 Å². The normalized spacial score (nSPS) is 21.3. The van der Waals surface area contributed by atoms with Crippen LogP contribution in [0.4, 0.5) is 0 Å². The van der Waals surface area contributed by atoms with Crippen molar-refractivity contribution in [2.24, 2.45) is 5.92 Å². The number of benzene rings is 2. The number of rotatable bonds is 3. The average Bonchev–Trinajstić information content (AvgIpc) is 2.50. The van der Waals surface area contributed by atoms with Crippen LogP contribution < -0.4 is 5.32 Å². The Labute approximate surface area is 128 Å². The highest BCUT2D eigenvalue weighted by molar-refractivity contribution is 5.65. The van der Waals surface area contributed by atoms with Crippen LogP contribution in [-0.2, 0) is 6.54 Å². The predicted molar refractivity (Wildman–Crippen MR) is 90.4 cm³/mol. The van der Waals surface area contributed by atoms with Crippen LogP contribution in [0.2, 0.25) is 0 Å². The van der Waals surface area contributed by atoms with E-state index in [1.807, 2.05) is 0 Å². The summed E-state index contributed by atoms with van der Waals surface area (Å²) >= 11 is 0. The summed E-state index contributed by atoms with van der Waals surface area (Å²) in [6.45, 7) is 7.98. The molecule has 0 fully saturated rings. The van der Waals surface area contributed by atoms with Gasteiger partial charge in [0.2, 0.25) is 0 Å². The van der Waals surface area contributed by atoms with E-state index < -0.39 is 0 Å². The molecule has 1 N–H and O–H groups in total. The summed E-state index contributed by atoms with van der Waals surface area (Å²) in [6.07, 6.45) is 1.25. The third-order valence-electron chi connectivity index (χ3n) is 4.62. The van der Waals surface area contributed by atoms with E-state index in [2.05, 4.69) is 74.6 Å². The molecular formula is C20H25N. The molecule has 2 unspecified atom stereocenters. The Morgan fingerprint density at radius 1 is 1.05 bits per heavy atom. The smallest absolute Gasteiger partial charge is 0.0211 e. The van der Waals surface area contributed by atoms with Gasteiger partial charge in [0.15, 0.2) is 0 Å². The van der Waals surface area contributed by atoms with Gasteiger partial charge in [-0.05, 0) is 46.6 Å². The van der Waals surface area contributed by atoms with Crippen LogP contribution in [0.1, 0.15) is 44.2 Å². The molecule has 0 aliphatic carbocycles. The molecule has 0 amide bonds. The van der Waals surface area contributed by atoms with Gasteiger partial charge >= 0.3 is 0 Å². The van der Waals surface area contributed by atoms with Gasteiger partial charge in [-0.25, -0.2) is 0 Å². The summed E-state index contributed by atoms with van der Waals surface area (Å²) in [5, 5.41) is 3.74. The lowest BCUT2D eigenvalue weighted by molar-refractivity contribution is 0.355. The summed E-state index contributed by atoms with van der Waals surface area (Å²) in [4.78, 5) is 0. The molecule has 0 radical (unpaired) electrons. The third kappa shape index (κ3) is 3.03. The van der Waals surface area contributed by atoms with Gasteiger partial charge in [0.05, 0.1) is 0 Å². The van der Waals surface area contributed by atoms with Crippen LogP contribution in [0.5, 0.6) is 0 Å². The minimum Gasteiger partial charge on any atom is -0.309 e. The van der Waals surface area contributed by atoms with Crippen molar-refractivity contribution in [1.82, 2.24) is 5.32 Å². The highest BCUT2D eigenvalue weighted by Gasteiger charge is 2.26. The van der Waals surface area contributed by atoms with Crippen molar-refractivity contribution >= 4 is 0 Å². The molecule has 1 aliphatic rings. The van der Waals surface area contributed by atoms with Crippen LogP contribution in [-0.4, -0.2) is 6.04 Å². The standard InChI is InChI=1S/C20H25N/c1-14(2)11-20-15(3)19-10-9-17(12-18(19)13-21-20)16-7-5-4-6-8-16/h4-10,12,14-15,20-21H,11,13H2,1-3H3. The number of hydrogen-bond acceptors (Lipinski definition) is 1. The van der Waals surface area contributed by atoms with E-state index >= 15 is 0 Å². The van der Waals surface area contributed by atoms with Gasteiger partial charge in [0.1, 0.15) is 0 Å². The maximum atomic E-state index is 3.74. The second-order valence-corrected chi connectivity index (χ2v) is 6.69. The minimum atomic E-state index is 0.598. The highest BCUT2D eigenvalue weighted by Crippen LogP contribution is 2.33. The van der Waals surface area contributed by atoms with Crippen molar-refractivity contribution in [1.29, 1.82) is 0 Å². The summed E-state index contributed by atoms with van der Waals surface area (Å²) in [5.74, 6) is 1.34. The van der Waals surface area contributed by atoms with Crippen LogP contribution in [0, 0.1) is 5.92 Å². The fourth-order valence-electron chi connectivity index (χ4n) is 3.44. The Kier molecular flexibility index (Phi) is 4.12. The molecule has 2 atom stereocenters. The van der Waals surface area contributed by atoms with Crippen LogP contribution >= 0.6 is 0 Å². The molecule has 0 saturated carbocycles. The van der Waals surface area contributed by atoms with Crippen molar-refractivity contribution < 1.29 is 0 Å². The van der Waals surface area contributed by atoms with Gasteiger partial charge < -0.3 is 5.32 Å². The summed E-state index contributed by atoms with van der Waals surface area (Å²) in [5.41, 5.74) is 5.62. The van der Waals surface area contributed by atoms with E-state index in [9.17, 15) is 0 Å². The second kappa shape index (κ2) is 6.03. The lowest BCUT2D eigenvalue weighted by Crippen LogP contribution is -2.39. The monoisotopic (exact) mass is 279 g/mol. The number of hydrogen-bond donors (Lipinski definition) is 1. The highest BCUT2D eigenvalue weighted by atomic mass is 14.9. The first kappa shape index (κ1) is 14.3. The zero-order chi connectivity index (χ0) is 14.8. The van der Waals surface area contributed by atoms with Gasteiger partial charge in [-0.15, -0.1) is 0 Å². The largest absolute Gasteiger partial charge is 0.309 e. The molecular weight excluding hydrogens is 254 g/mol. The van der Waals surface area contributed by atoms with Gasteiger partial charge in [-0.3, -0.25) is 0 Å². The first-order chi connectivity index (χ1) is 10.1. The van der Waals surface area contributed by atoms with Gasteiger partial charge in [-0.1, -0.05) is 63.2 Å². The molecule has 0 spiro atoms. The lowest BCUT2D eigenvalue weighted by atomic mass is 9.81. The van der Waals surface area contributed by atoms with Crippen molar-refractivity contribution in [3.05, 3.63) is 59.7 Å². The summed E-state index contributed by atoms with van der Waals surface area (Å²) in [7, 11) is 0. The lowest BCUT2D eigenvalue weighted by Gasteiger charge is -2.34. The maximum absolute atomic E-state index is 3.74. The first-order valence-electron chi connectivity index (χ1n) is 8.07. The molecule has 0 saturated heterocycles. The molecule has 2 aromatic carbocycles. The molecule has 110 valence electrons. The van der Waals surface area contributed by atoms with Crippen molar-refractivity contribution in [2.75, 3.05) is 0 Å². The Morgan fingerprint density at radius 3 is 2.52 bits per heavy atom. The Bertz CT molecular complexity index is 600. The zero-order valence-electron chi connectivity index (χ0n) is 13.3. The predicted octanol–water partition coefficient (Wildman–Crippen LogP) is 4.98.